The molecule has 1 fully saturated rings. The molecule has 0 spiro atoms. The normalized spacial score (nSPS) is 13.4. The van der Waals surface area contributed by atoms with Gasteiger partial charge in [0.25, 0.3) is 5.91 Å². The number of aromatic nitrogens is 4. The van der Waals surface area contributed by atoms with Crippen molar-refractivity contribution in [3.63, 3.8) is 0 Å². The number of hydrogen-bond acceptors (Lipinski definition) is 8. The lowest BCUT2D eigenvalue weighted by molar-refractivity contribution is 0.0945. The van der Waals surface area contributed by atoms with E-state index in [1.807, 2.05) is 19.1 Å². The number of fused-ring (bicyclic) bond motifs is 1. The number of halogens is 2. The van der Waals surface area contributed by atoms with Crippen molar-refractivity contribution in [2.75, 3.05) is 31.5 Å². The summed E-state index contributed by atoms with van der Waals surface area (Å²) in [6.07, 6.45) is 4.03. The molecule has 0 bridgehead atoms. The van der Waals surface area contributed by atoms with Crippen LogP contribution in [0.3, 0.4) is 0 Å². The third kappa shape index (κ3) is 6.25. The van der Waals surface area contributed by atoms with E-state index in [4.69, 9.17) is 11.6 Å². The Hall–Kier alpha value is -3.53. The van der Waals surface area contributed by atoms with E-state index in [0.29, 0.717) is 45.5 Å². The topological polar surface area (TPSA) is 116 Å². The number of carbonyl (C=O) groups is 1. The Bertz CT molecular complexity index is 1410. The van der Waals surface area contributed by atoms with Crippen molar-refractivity contribution in [1.29, 1.82) is 0 Å². The minimum atomic E-state index is -0.192. The minimum absolute atomic E-state index is 0. The second-order valence-electron chi connectivity index (χ2n) is 8.82. The standard InChI is InChI=1S/C26H26ClN7O2.ClH/c1-16-12-17(20-14-19(35)5-6-21(20)27)13-23-24(16)31-26(33-32-23)30-18-4-7-22(29-15-18)25(36)28-8-11-34-9-2-3-10-34;/h4-7,12-15,35H,2-3,8-11H2,1H3,(H,28,36)(H,30,31,33);1H. The van der Waals surface area contributed by atoms with Gasteiger partial charge >= 0.3 is 0 Å². The first-order valence-electron chi connectivity index (χ1n) is 11.8. The molecule has 3 N–H and O–H groups in total. The minimum Gasteiger partial charge on any atom is -0.508 e. The number of aryl methyl sites for hydroxylation is 1. The van der Waals surface area contributed by atoms with E-state index in [0.717, 1.165) is 30.8 Å². The van der Waals surface area contributed by atoms with Crippen LogP contribution < -0.4 is 10.6 Å². The van der Waals surface area contributed by atoms with Gasteiger partial charge < -0.3 is 20.6 Å². The van der Waals surface area contributed by atoms with Crippen molar-refractivity contribution in [1.82, 2.24) is 30.4 Å². The molecule has 9 nitrogen and oxygen atoms in total. The molecule has 0 aliphatic carbocycles. The molecule has 1 amide bonds. The number of carbonyl (C=O) groups excluding carboxylic acids is 1. The van der Waals surface area contributed by atoms with Crippen LogP contribution in [0.2, 0.25) is 5.02 Å². The zero-order valence-corrected chi connectivity index (χ0v) is 21.8. The first-order chi connectivity index (χ1) is 17.5. The number of nitrogens with zero attached hydrogens (tertiary/aromatic N) is 5. The van der Waals surface area contributed by atoms with Gasteiger partial charge in [0.15, 0.2) is 0 Å². The first kappa shape index (κ1) is 26.5. The number of amides is 1. The Labute approximate surface area is 225 Å². The molecule has 1 aliphatic heterocycles. The van der Waals surface area contributed by atoms with Gasteiger partial charge in [0.05, 0.1) is 17.4 Å². The molecule has 2 aromatic heterocycles. The smallest absolute Gasteiger partial charge is 0.269 e. The van der Waals surface area contributed by atoms with Crippen LogP contribution in [-0.4, -0.2) is 62.3 Å². The molecule has 0 atom stereocenters. The van der Waals surface area contributed by atoms with E-state index >= 15 is 0 Å². The quantitative estimate of drug-likeness (QED) is 0.308. The van der Waals surface area contributed by atoms with Crippen LogP contribution in [0.15, 0.2) is 48.7 Å². The summed E-state index contributed by atoms with van der Waals surface area (Å²) in [6, 6.07) is 12.0. The highest BCUT2D eigenvalue weighted by Crippen LogP contribution is 2.33. The fourth-order valence-corrected chi connectivity index (χ4v) is 4.54. The summed E-state index contributed by atoms with van der Waals surface area (Å²) in [5.41, 5.74) is 4.70. The van der Waals surface area contributed by atoms with Gasteiger partial charge in [-0.1, -0.05) is 11.6 Å². The Kier molecular flexibility index (Phi) is 8.38. The fourth-order valence-electron chi connectivity index (χ4n) is 4.31. The van der Waals surface area contributed by atoms with E-state index in [-0.39, 0.29) is 24.1 Å². The number of aromatic hydroxyl groups is 1. The van der Waals surface area contributed by atoms with Crippen molar-refractivity contribution in [2.24, 2.45) is 0 Å². The summed E-state index contributed by atoms with van der Waals surface area (Å²) in [7, 11) is 0. The number of anilines is 2. The molecule has 5 rings (SSSR count). The van der Waals surface area contributed by atoms with Crippen LogP contribution in [0.1, 0.15) is 28.9 Å². The molecule has 192 valence electrons. The average Bonchev–Trinajstić information content (AvgIpc) is 3.40. The lowest BCUT2D eigenvalue weighted by atomic mass is 10.0. The molecule has 2 aromatic carbocycles. The fraction of sp³-hybridized carbons (Fsp3) is 0.269. The van der Waals surface area contributed by atoms with Gasteiger partial charge in [0.1, 0.15) is 17.0 Å². The summed E-state index contributed by atoms with van der Waals surface area (Å²) in [5.74, 6) is 0.260. The van der Waals surface area contributed by atoms with Crippen molar-refractivity contribution in [2.45, 2.75) is 19.8 Å². The van der Waals surface area contributed by atoms with Gasteiger partial charge in [-0.05, 0) is 86.4 Å². The van der Waals surface area contributed by atoms with Crippen molar-refractivity contribution >= 4 is 52.6 Å². The van der Waals surface area contributed by atoms with Crippen molar-refractivity contribution in [3.8, 4) is 16.9 Å². The summed E-state index contributed by atoms with van der Waals surface area (Å²) >= 11 is 6.33. The molecule has 37 heavy (non-hydrogen) atoms. The molecular weight excluding hydrogens is 513 g/mol. The number of benzene rings is 2. The maximum Gasteiger partial charge on any atom is 0.269 e. The second-order valence-corrected chi connectivity index (χ2v) is 9.23. The van der Waals surface area contributed by atoms with E-state index < -0.39 is 0 Å². The zero-order chi connectivity index (χ0) is 25.1. The third-order valence-corrected chi connectivity index (χ3v) is 6.51. The predicted octanol–water partition coefficient (Wildman–Crippen LogP) is 4.75. The monoisotopic (exact) mass is 539 g/mol. The highest BCUT2D eigenvalue weighted by atomic mass is 35.5. The third-order valence-electron chi connectivity index (χ3n) is 6.18. The average molecular weight is 540 g/mol. The van der Waals surface area contributed by atoms with E-state index in [2.05, 4.69) is 35.7 Å². The van der Waals surface area contributed by atoms with E-state index in [1.54, 1.807) is 36.5 Å². The molecule has 11 heteroatoms. The van der Waals surface area contributed by atoms with Crippen LogP contribution in [0.25, 0.3) is 22.2 Å². The molecule has 0 unspecified atom stereocenters. The summed E-state index contributed by atoms with van der Waals surface area (Å²) in [5, 5.41) is 24.9. The number of likely N-dealkylation sites (tertiary alicyclic amines) is 1. The number of hydrogen-bond donors (Lipinski definition) is 3. The van der Waals surface area contributed by atoms with Gasteiger partial charge in [-0.25, -0.2) is 9.97 Å². The summed E-state index contributed by atoms with van der Waals surface area (Å²) < 4.78 is 0. The predicted molar refractivity (Wildman–Crippen MR) is 147 cm³/mol. The molecule has 3 heterocycles. The van der Waals surface area contributed by atoms with Gasteiger partial charge in [-0.2, -0.15) is 0 Å². The Morgan fingerprint density at radius 2 is 1.92 bits per heavy atom. The van der Waals surface area contributed by atoms with Crippen molar-refractivity contribution < 1.29 is 9.90 Å². The number of pyridine rings is 1. The maximum atomic E-state index is 12.4. The molecule has 4 aromatic rings. The highest BCUT2D eigenvalue weighted by molar-refractivity contribution is 6.33. The first-order valence-corrected chi connectivity index (χ1v) is 12.2. The van der Waals surface area contributed by atoms with E-state index in [9.17, 15) is 9.90 Å². The number of phenols is 1. The highest BCUT2D eigenvalue weighted by Gasteiger charge is 2.14. The summed E-state index contributed by atoms with van der Waals surface area (Å²) in [4.78, 5) is 23.6. The van der Waals surface area contributed by atoms with Crippen molar-refractivity contribution in [3.05, 3.63) is 64.9 Å². The van der Waals surface area contributed by atoms with Gasteiger partial charge in [0.2, 0.25) is 5.95 Å². The second kappa shape index (κ2) is 11.7. The Balaban J connectivity index is 0.00000320. The lowest BCUT2D eigenvalue weighted by Gasteiger charge is -2.14. The van der Waals surface area contributed by atoms with Gasteiger partial charge in [-0.3, -0.25) is 4.79 Å². The van der Waals surface area contributed by atoms with Crippen LogP contribution >= 0.6 is 24.0 Å². The molecule has 0 saturated carbocycles. The largest absolute Gasteiger partial charge is 0.508 e. The van der Waals surface area contributed by atoms with E-state index in [1.165, 1.54) is 12.8 Å². The molecule has 1 saturated heterocycles. The maximum absolute atomic E-state index is 12.4. The Morgan fingerprint density at radius 1 is 1.11 bits per heavy atom. The molecule has 1 aliphatic rings. The lowest BCUT2D eigenvalue weighted by Crippen LogP contribution is -2.33. The molecule has 0 radical (unpaired) electrons. The number of nitrogens with one attached hydrogen (secondary N) is 2. The Morgan fingerprint density at radius 3 is 2.68 bits per heavy atom. The zero-order valence-electron chi connectivity index (χ0n) is 20.2. The number of phenolic OH excluding ortho intramolecular Hbond substituents is 1. The van der Waals surface area contributed by atoms with Crippen LogP contribution in [0, 0.1) is 6.92 Å². The number of rotatable bonds is 7. The van der Waals surface area contributed by atoms with Crippen LogP contribution in [0.4, 0.5) is 11.6 Å². The van der Waals surface area contributed by atoms with Gasteiger partial charge in [-0.15, -0.1) is 22.6 Å². The summed E-state index contributed by atoms with van der Waals surface area (Å²) in [6.45, 7) is 5.61. The molecular formula is C26H27Cl2N7O2. The SMILES string of the molecule is Cc1cc(-c2cc(O)ccc2Cl)cc2nnc(Nc3ccc(C(=O)NCCN4CCCC4)nc3)nc12.Cl. The van der Waals surface area contributed by atoms with Gasteiger partial charge in [0, 0.05) is 23.7 Å². The van der Waals surface area contributed by atoms with Crippen LogP contribution in [0.5, 0.6) is 5.75 Å². The van der Waals surface area contributed by atoms with Crippen LogP contribution in [-0.2, 0) is 0 Å².